The van der Waals surface area contributed by atoms with Crippen LogP contribution < -0.4 is 0 Å². The molecule has 0 fully saturated rings. The maximum Gasteiger partial charge on any atom is 0.0667 e. The van der Waals surface area contributed by atoms with E-state index in [4.69, 9.17) is 0 Å². The third-order valence-electron chi connectivity index (χ3n) is 3.21. The lowest BCUT2D eigenvalue weighted by atomic mass is 9.90. The smallest absolute Gasteiger partial charge is 0.0667 e. The first-order valence-corrected chi connectivity index (χ1v) is 5.58. The molecule has 1 unspecified atom stereocenters. The number of hydrogen-bond acceptors (Lipinski definition) is 1. The molecule has 1 aliphatic rings. The van der Waals surface area contributed by atoms with Crippen LogP contribution in [0.2, 0.25) is 0 Å². The van der Waals surface area contributed by atoms with Gasteiger partial charge in [-0.3, -0.25) is 4.99 Å². The van der Waals surface area contributed by atoms with Gasteiger partial charge in [0.2, 0.25) is 0 Å². The second-order valence-electron chi connectivity index (χ2n) is 4.17. The first kappa shape index (κ1) is 9.34. The molecule has 1 heteroatoms. The first-order valence-electron chi connectivity index (χ1n) is 5.58. The van der Waals surface area contributed by atoms with E-state index in [1.807, 2.05) is 12.3 Å². The Morgan fingerprint density at radius 1 is 0.875 bits per heavy atom. The quantitative estimate of drug-likeness (QED) is 0.621. The topological polar surface area (TPSA) is 12.4 Å². The van der Waals surface area contributed by atoms with Crippen molar-refractivity contribution in [1.82, 2.24) is 0 Å². The Labute approximate surface area is 95.5 Å². The minimum atomic E-state index is 0.412. The van der Waals surface area contributed by atoms with Crippen molar-refractivity contribution in [2.24, 2.45) is 4.99 Å². The molecule has 0 spiro atoms. The van der Waals surface area contributed by atoms with Gasteiger partial charge in [0, 0.05) is 12.1 Å². The molecule has 78 valence electrons. The van der Waals surface area contributed by atoms with E-state index in [0.29, 0.717) is 5.92 Å². The number of rotatable bonds is 0. The van der Waals surface area contributed by atoms with Crippen LogP contribution in [-0.4, -0.2) is 6.21 Å². The molecule has 0 saturated carbocycles. The lowest BCUT2D eigenvalue weighted by molar-refractivity contribution is 0.925. The molecule has 1 atom stereocenters. The van der Waals surface area contributed by atoms with Crippen LogP contribution in [0, 0.1) is 0 Å². The van der Waals surface area contributed by atoms with Crippen molar-refractivity contribution in [2.75, 3.05) is 0 Å². The summed E-state index contributed by atoms with van der Waals surface area (Å²) in [4.78, 5) is 4.55. The second-order valence-corrected chi connectivity index (χ2v) is 4.17. The fourth-order valence-electron chi connectivity index (χ4n) is 2.30. The summed E-state index contributed by atoms with van der Waals surface area (Å²) in [6.45, 7) is 2.24. The highest BCUT2D eigenvalue weighted by Gasteiger charge is 2.16. The van der Waals surface area contributed by atoms with Crippen molar-refractivity contribution in [3.8, 4) is 0 Å². The summed E-state index contributed by atoms with van der Waals surface area (Å²) in [5, 5.41) is 0. The molecule has 0 amide bonds. The van der Waals surface area contributed by atoms with E-state index in [1.54, 1.807) is 0 Å². The van der Waals surface area contributed by atoms with Gasteiger partial charge in [-0.15, -0.1) is 0 Å². The third-order valence-corrected chi connectivity index (χ3v) is 3.21. The van der Waals surface area contributed by atoms with Crippen molar-refractivity contribution in [3.05, 3.63) is 65.2 Å². The fraction of sp³-hybridized carbons (Fsp3) is 0.133. The lowest BCUT2D eigenvalue weighted by Crippen LogP contribution is -1.98. The monoisotopic (exact) mass is 207 g/mol. The summed E-state index contributed by atoms with van der Waals surface area (Å²) in [6, 6.07) is 16.8. The summed E-state index contributed by atoms with van der Waals surface area (Å²) in [7, 11) is 0. The molecular weight excluding hydrogens is 194 g/mol. The summed E-state index contributed by atoms with van der Waals surface area (Å²) in [5.74, 6) is 0.412. The number of benzene rings is 2. The summed E-state index contributed by atoms with van der Waals surface area (Å²) in [6.07, 6.45) is 1.97. The molecule has 0 saturated heterocycles. The molecule has 0 N–H and O–H groups in total. The maximum atomic E-state index is 4.55. The Hall–Kier alpha value is -1.89. The van der Waals surface area contributed by atoms with Gasteiger partial charge < -0.3 is 0 Å². The van der Waals surface area contributed by atoms with Crippen LogP contribution in [0.3, 0.4) is 0 Å². The molecule has 1 heterocycles. The second kappa shape index (κ2) is 3.60. The Balaban J connectivity index is 2.26. The van der Waals surface area contributed by atoms with Crippen molar-refractivity contribution in [1.29, 1.82) is 0 Å². The van der Waals surface area contributed by atoms with E-state index in [2.05, 4.69) is 54.4 Å². The summed E-state index contributed by atoms with van der Waals surface area (Å²) >= 11 is 0. The molecule has 0 radical (unpaired) electrons. The van der Waals surface area contributed by atoms with Gasteiger partial charge in [0.15, 0.2) is 0 Å². The molecular formula is C15H13N. The minimum Gasteiger partial charge on any atom is -0.256 e. The highest BCUT2D eigenvalue weighted by molar-refractivity contribution is 5.86. The average Bonchev–Trinajstić information content (AvgIpc) is 2.49. The highest BCUT2D eigenvalue weighted by atomic mass is 14.7. The van der Waals surface area contributed by atoms with Crippen LogP contribution in [0.1, 0.15) is 29.5 Å². The molecule has 16 heavy (non-hydrogen) atoms. The zero-order valence-electron chi connectivity index (χ0n) is 9.22. The van der Waals surface area contributed by atoms with E-state index in [0.717, 1.165) is 5.69 Å². The van der Waals surface area contributed by atoms with Crippen LogP contribution in [0.5, 0.6) is 0 Å². The van der Waals surface area contributed by atoms with Crippen molar-refractivity contribution >= 4 is 11.9 Å². The predicted octanol–water partition coefficient (Wildman–Crippen LogP) is 3.90. The van der Waals surface area contributed by atoms with Gasteiger partial charge in [-0.25, -0.2) is 0 Å². The minimum absolute atomic E-state index is 0.412. The maximum absolute atomic E-state index is 4.55. The van der Waals surface area contributed by atoms with Crippen LogP contribution in [0.4, 0.5) is 5.69 Å². The van der Waals surface area contributed by atoms with Gasteiger partial charge in [-0.2, -0.15) is 0 Å². The standard InChI is InChI=1S/C15H13N/c1-11-13-7-3-2-6-12(13)10-16-15-9-5-4-8-14(11)15/h2-11H,1H3. The molecule has 0 aromatic heterocycles. The van der Waals surface area contributed by atoms with Gasteiger partial charge in [0.25, 0.3) is 0 Å². The van der Waals surface area contributed by atoms with Crippen LogP contribution >= 0.6 is 0 Å². The number of aliphatic imine (C=N–C) groups is 1. The number of para-hydroxylation sites is 1. The third kappa shape index (κ3) is 1.36. The molecule has 2 aromatic rings. The molecule has 1 aliphatic heterocycles. The van der Waals surface area contributed by atoms with Crippen LogP contribution in [0.15, 0.2) is 53.5 Å². The largest absolute Gasteiger partial charge is 0.256 e. The Bertz CT molecular complexity index is 505. The number of fused-ring (bicyclic) bond motifs is 2. The normalized spacial score (nSPS) is 17.4. The molecule has 3 rings (SSSR count). The van der Waals surface area contributed by atoms with Crippen LogP contribution in [-0.2, 0) is 0 Å². The summed E-state index contributed by atoms with van der Waals surface area (Å²) < 4.78 is 0. The van der Waals surface area contributed by atoms with E-state index >= 15 is 0 Å². The molecule has 0 aliphatic carbocycles. The number of nitrogens with zero attached hydrogens (tertiary/aromatic N) is 1. The van der Waals surface area contributed by atoms with Gasteiger partial charge in [0.05, 0.1) is 5.69 Å². The first-order chi connectivity index (χ1) is 7.86. The fourth-order valence-corrected chi connectivity index (χ4v) is 2.30. The van der Waals surface area contributed by atoms with E-state index in [-0.39, 0.29) is 0 Å². The van der Waals surface area contributed by atoms with Crippen molar-refractivity contribution in [3.63, 3.8) is 0 Å². The SMILES string of the molecule is CC1c2ccccc2C=Nc2ccccc21. The van der Waals surface area contributed by atoms with E-state index in [1.165, 1.54) is 16.7 Å². The highest BCUT2D eigenvalue weighted by Crippen LogP contribution is 2.35. The Kier molecular flexibility index (Phi) is 2.10. The predicted molar refractivity (Wildman–Crippen MR) is 67.7 cm³/mol. The lowest BCUT2D eigenvalue weighted by Gasteiger charge is -2.13. The molecule has 2 aromatic carbocycles. The van der Waals surface area contributed by atoms with Gasteiger partial charge >= 0.3 is 0 Å². The summed E-state index contributed by atoms with van der Waals surface area (Å²) in [5.41, 5.74) is 4.98. The number of hydrogen-bond donors (Lipinski definition) is 0. The molecule has 1 nitrogen and oxygen atoms in total. The Morgan fingerprint density at radius 2 is 1.56 bits per heavy atom. The van der Waals surface area contributed by atoms with Gasteiger partial charge in [-0.1, -0.05) is 49.4 Å². The Morgan fingerprint density at radius 3 is 2.44 bits per heavy atom. The van der Waals surface area contributed by atoms with Crippen LogP contribution in [0.25, 0.3) is 0 Å². The van der Waals surface area contributed by atoms with Crippen molar-refractivity contribution in [2.45, 2.75) is 12.8 Å². The van der Waals surface area contributed by atoms with E-state index < -0.39 is 0 Å². The van der Waals surface area contributed by atoms with Crippen molar-refractivity contribution < 1.29 is 0 Å². The van der Waals surface area contributed by atoms with Gasteiger partial charge in [0.1, 0.15) is 0 Å². The van der Waals surface area contributed by atoms with Gasteiger partial charge in [-0.05, 0) is 22.8 Å². The zero-order chi connectivity index (χ0) is 11.0. The van der Waals surface area contributed by atoms with E-state index in [9.17, 15) is 0 Å². The zero-order valence-corrected chi connectivity index (χ0v) is 9.22. The average molecular weight is 207 g/mol. The molecule has 0 bridgehead atoms.